The van der Waals surface area contributed by atoms with E-state index in [0.29, 0.717) is 0 Å². The Morgan fingerprint density at radius 1 is 0.611 bits per heavy atom. The molecule has 1 heteroatoms. The highest BCUT2D eigenvalue weighted by Gasteiger charge is 1.93. The van der Waals surface area contributed by atoms with Crippen LogP contribution in [0.15, 0.2) is 0 Å². The Balaban J connectivity index is 2.86. The average molecular weight is 255 g/mol. The standard InChI is InChI=1S/C17H35O/c1-3-5-7-8-9-10-11-12-13-14-15-17-18-16-6-4-2/h17H,3-16H2,1-2H3. The van der Waals surface area contributed by atoms with E-state index in [1.807, 2.05) is 6.61 Å². The summed E-state index contributed by atoms with van der Waals surface area (Å²) in [6.45, 7) is 7.41. The predicted molar refractivity (Wildman–Crippen MR) is 81.6 cm³/mol. The third-order valence-corrected chi connectivity index (χ3v) is 3.41. The van der Waals surface area contributed by atoms with Crippen molar-refractivity contribution in [3.05, 3.63) is 6.61 Å². The molecule has 0 saturated carbocycles. The van der Waals surface area contributed by atoms with E-state index < -0.39 is 0 Å². The predicted octanol–water partition coefficient (Wildman–Crippen LogP) is 6.28. The summed E-state index contributed by atoms with van der Waals surface area (Å²) in [5.74, 6) is 0. The minimum Gasteiger partial charge on any atom is -0.376 e. The quantitative estimate of drug-likeness (QED) is 0.313. The van der Waals surface area contributed by atoms with Gasteiger partial charge in [0.05, 0.1) is 6.61 Å². The maximum absolute atomic E-state index is 5.43. The lowest BCUT2D eigenvalue weighted by atomic mass is 10.1. The molecule has 18 heavy (non-hydrogen) atoms. The molecular formula is C17H35O. The Hall–Kier alpha value is -0.0400. The molecule has 0 aliphatic rings. The Bertz CT molecular complexity index is 118. The maximum Gasteiger partial charge on any atom is 0.0836 e. The third kappa shape index (κ3) is 16.0. The maximum atomic E-state index is 5.43. The lowest BCUT2D eigenvalue weighted by Crippen LogP contribution is -1.91. The molecule has 0 aliphatic heterocycles. The van der Waals surface area contributed by atoms with Crippen LogP contribution in [-0.4, -0.2) is 6.61 Å². The molecule has 0 rings (SSSR count). The first-order valence-electron chi connectivity index (χ1n) is 8.35. The second-order valence-electron chi connectivity index (χ2n) is 5.36. The molecule has 0 aliphatic carbocycles. The van der Waals surface area contributed by atoms with E-state index in [4.69, 9.17) is 4.74 Å². The van der Waals surface area contributed by atoms with Crippen molar-refractivity contribution in [2.45, 2.75) is 97.3 Å². The van der Waals surface area contributed by atoms with Crippen LogP contribution in [0, 0.1) is 6.61 Å². The number of hydrogen-bond acceptors (Lipinski definition) is 1. The second kappa shape index (κ2) is 17.0. The molecule has 109 valence electrons. The highest BCUT2D eigenvalue weighted by molar-refractivity contribution is 4.53. The van der Waals surface area contributed by atoms with E-state index in [1.165, 1.54) is 77.0 Å². The van der Waals surface area contributed by atoms with Gasteiger partial charge in [-0.15, -0.1) is 0 Å². The molecule has 0 amide bonds. The van der Waals surface area contributed by atoms with Crippen molar-refractivity contribution in [3.8, 4) is 0 Å². The summed E-state index contributed by atoms with van der Waals surface area (Å²) in [5.41, 5.74) is 0. The van der Waals surface area contributed by atoms with Crippen LogP contribution in [0.3, 0.4) is 0 Å². The van der Waals surface area contributed by atoms with Crippen molar-refractivity contribution >= 4 is 0 Å². The van der Waals surface area contributed by atoms with Crippen LogP contribution in [0.4, 0.5) is 0 Å². The molecule has 0 aromatic rings. The second-order valence-corrected chi connectivity index (χ2v) is 5.36. The van der Waals surface area contributed by atoms with Crippen LogP contribution < -0.4 is 0 Å². The van der Waals surface area contributed by atoms with Crippen LogP contribution >= 0.6 is 0 Å². The van der Waals surface area contributed by atoms with Crippen molar-refractivity contribution in [3.63, 3.8) is 0 Å². The fourth-order valence-corrected chi connectivity index (χ4v) is 2.11. The minimum absolute atomic E-state index is 0.911. The molecule has 0 saturated heterocycles. The number of unbranched alkanes of at least 4 members (excludes halogenated alkanes) is 11. The number of rotatable bonds is 15. The molecule has 1 radical (unpaired) electrons. The summed E-state index contributed by atoms with van der Waals surface area (Å²) in [6.07, 6.45) is 17.7. The van der Waals surface area contributed by atoms with Crippen molar-refractivity contribution in [2.75, 3.05) is 6.61 Å². The van der Waals surface area contributed by atoms with Crippen LogP contribution in [0.5, 0.6) is 0 Å². The van der Waals surface area contributed by atoms with Crippen molar-refractivity contribution in [1.29, 1.82) is 0 Å². The molecule has 0 bridgehead atoms. The zero-order valence-electron chi connectivity index (χ0n) is 12.9. The fraction of sp³-hybridized carbons (Fsp3) is 0.941. The fourth-order valence-electron chi connectivity index (χ4n) is 2.11. The first-order chi connectivity index (χ1) is 8.91. The Morgan fingerprint density at radius 2 is 1.11 bits per heavy atom. The molecule has 0 N–H and O–H groups in total. The average Bonchev–Trinajstić information content (AvgIpc) is 2.39. The molecule has 0 unspecified atom stereocenters. The van der Waals surface area contributed by atoms with Gasteiger partial charge in [-0.1, -0.05) is 84.5 Å². The number of ether oxygens (including phenoxy) is 1. The highest BCUT2D eigenvalue weighted by atomic mass is 16.5. The van der Waals surface area contributed by atoms with E-state index in [0.717, 1.165) is 13.0 Å². The largest absolute Gasteiger partial charge is 0.376 e. The smallest absolute Gasteiger partial charge is 0.0836 e. The summed E-state index contributed by atoms with van der Waals surface area (Å²) in [5, 5.41) is 0. The first kappa shape index (κ1) is 18.0. The normalized spacial score (nSPS) is 11.0. The van der Waals surface area contributed by atoms with Crippen molar-refractivity contribution in [2.24, 2.45) is 0 Å². The molecule has 0 heterocycles. The molecule has 0 aromatic carbocycles. The van der Waals surface area contributed by atoms with Gasteiger partial charge < -0.3 is 4.74 Å². The lowest BCUT2D eigenvalue weighted by Gasteiger charge is -2.03. The topological polar surface area (TPSA) is 9.23 Å². The van der Waals surface area contributed by atoms with E-state index in [1.54, 1.807) is 0 Å². The van der Waals surface area contributed by atoms with Gasteiger partial charge in [0, 0.05) is 6.61 Å². The van der Waals surface area contributed by atoms with Gasteiger partial charge in [-0.2, -0.15) is 0 Å². The van der Waals surface area contributed by atoms with Crippen LogP contribution in [0.25, 0.3) is 0 Å². The van der Waals surface area contributed by atoms with Crippen LogP contribution in [0.2, 0.25) is 0 Å². The van der Waals surface area contributed by atoms with Crippen LogP contribution in [0.1, 0.15) is 97.3 Å². The van der Waals surface area contributed by atoms with Gasteiger partial charge in [0.1, 0.15) is 0 Å². The monoisotopic (exact) mass is 255 g/mol. The Kier molecular flexibility index (Phi) is 16.9. The molecule has 0 fully saturated rings. The zero-order chi connectivity index (χ0) is 13.3. The molecule has 0 aromatic heterocycles. The Morgan fingerprint density at radius 3 is 1.67 bits per heavy atom. The Labute approximate surface area is 116 Å². The van der Waals surface area contributed by atoms with Gasteiger partial charge in [0.2, 0.25) is 0 Å². The van der Waals surface area contributed by atoms with Crippen molar-refractivity contribution in [1.82, 2.24) is 0 Å². The molecular weight excluding hydrogens is 220 g/mol. The molecule has 1 nitrogen and oxygen atoms in total. The molecule has 0 spiro atoms. The first-order valence-corrected chi connectivity index (χ1v) is 8.35. The van der Waals surface area contributed by atoms with Gasteiger partial charge in [0.15, 0.2) is 0 Å². The summed E-state index contributed by atoms with van der Waals surface area (Å²) in [6, 6.07) is 0. The van der Waals surface area contributed by atoms with Gasteiger partial charge in [-0.05, 0) is 12.8 Å². The van der Waals surface area contributed by atoms with E-state index in [9.17, 15) is 0 Å². The lowest BCUT2D eigenvalue weighted by molar-refractivity contribution is 0.185. The van der Waals surface area contributed by atoms with Gasteiger partial charge in [0.25, 0.3) is 0 Å². The highest BCUT2D eigenvalue weighted by Crippen LogP contribution is 2.11. The van der Waals surface area contributed by atoms with E-state index >= 15 is 0 Å². The van der Waals surface area contributed by atoms with Crippen LogP contribution in [-0.2, 0) is 4.74 Å². The van der Waals surface area contributed by atoms with Gasteiger partial charge >= 0.3 is 0 Å². The van der Waals surface area contributed by atoms with E-state index in [2.05, 4.69) is 13.8 Å². The van der Waals surface area contributed by atoms with E-state index in [-0.39, 0.29) is 0 Å². The third-order valence-electron chi connectivity index (χ3n) is 3.41. The van der Waals surface area contributed by atoms with Gasteiger partial charge in [-0.3, -0.25) is 0 Å². The summed E-state index contributed by atoms with van der Waals surface area (Å²) >= 11 is 0. The zero-order valence-corrected chi connectivity index (χ0v) is 12.9. The summed E-state index contributed by atoms with van der Waals surface area (Å²) in [4.78, 5) is 0. The van der Waals surface area contributed by atoms with Crippen molar-refractivity contribution < 1.29 is 4.74 Å². The molecule has 0 atom stereocenters. The SMILES string of the molecule is CCCCCCCCCCCC[CH]OCCCC. The van der Waals surface area contributed by atoms with Gasteiger partial charge in [-0.25, -0.2) is 0 Å². The number of hydrogen-bond donors (Lipinski definition) is 0. The minimum atomic E-state index is 0.911. The summed E-state index contributed by atoms with van der Waals surface area (Å²) in [7, 11) is 0. The summed E-state index contributed by atoms with van der Waals surface area (Å²) < 4.78 is 5.43.